The Bertz CT molecular complexity index is 1370. The standard InChI is InChI=1S/C30H33NO6S/c1-31-27-28(31)14-15-29-24-18(17-28)10-11-23(25(24)36-26(29)22(32)12-13-30(27,29)33)37-38(34)35-16-6-2-3-7-19-20-8-4-5-9-21(19)20/h4-5,8-11,19,26-27,33H,2-3,6-7,12-17H2,1H3. The third-order valence-corrected chi connectivity index (χ3v) is 11.4. The number of ether oxygens (including phenoxy) is 1. The van der Waals surface area contributed by atoms with Gasteiger partial charge < -0.3 is 14.0 Å². The van der Waals surface area contributed by atoms with E-state index in [-0.39, 0.29) is 17.4 Å². The number of benzene rings is 2. The predicted molar refractivity (Wildman–Crippen MR) is 140 cm³/mol. The third-order valence-electron chi connectivity index (χ3n) is 10.7. The summed E-state index contributed by atoms with van der Waals surface area (Å²) in [6.07, 6.45) is 6.57. The zero-order valence-electron chi connectivity index (χ0n) is 21.6. The van der Waals surface area contributed by atoms with Crippen LogP contribution in [-0.4, -0.2) is 56.9 Å². The van der Waals surface area contributed by atoms with Gasteiger partial charge in [-0.05, 0) is 68.3 Å². The Balaban J connectivity index is 0.960. The minimum atomic E-state index is -1.98. The van der Waals surface area contributed by atoms with Crippen LogP contribution in [0.25, 0.3) is 0 Å². The number of ketones is 1. The molecule has 7 atom stereocenters. The molecule has 2 bridgehead atoms. The van der Waals surface area contributed by atoms with Crippen LogP contribution in [0.4, 0.5) is 0 Å². The van der Waals surface area contributed by atoms with Gasteiger partial charge in [0.2, 0.25) is 0 Å². The fourth-order valence-electron chi connectivity index (χ4n) is 8.95. The van der Waals surface area contributed by atoms with Crippen molar-refractivity contribution in [2.45, 2.75) is 92.4 Å². The average Bonchev–Trinajstić information content (AvgIpc) is 3.74. The smallest absolute Gasteiger partial charge is 0.360 e. The second-order valence-electron chi connectivity index (χ2n) is 12.2. The SMILES string of the molecule is CN1C2C13CCC14c5c(ccc(OS(=O)OCCCCCC6c7ccccc76)c5OC1C(=O)CCC24O)C3. The lowest BCUT2D eigenvalue weighted by atomic mass is 9.52. The second-order valence-corrected chi connectivity index (χ2v) is 13.0. The van der Waals surface area contributed by atoms with Crippen LogP contribution in [0.2, 0.25) is 0 Å². The van der Waals surface area contributed by atoms with Gasteiger partial charge in [0.1, 0.15) is 0 Å². The van der Waals surface area contributed by atoms with E-state index >= 15 is 0 Å². The second kappa shape index (κ2) is 7.90. The first-order valence-corrected chi connectivity index (χ1v) is 15.0. The molecule has 1 saturated heterocycles. The fraction of sp³-hybridized carbons (Fsp3) is 0.567. The van der Waals surface area contributed by atoms with Crippen molar-refractivity contribution in [3.8, 4) is 11.5 Å². The van der Waals surface area contributed by atoms with Crippen LogP contribution >= 0.6 is 0 Å². The topological polar surface area (TPSA) is 85.1 Å². The first kappa shape index (κ1) is 23.6. The van der Waals surface area contributed by atoms with Gasteiger partial charge in [-0.15, -0.1) is 0 Å². The number of carbonyl (C=O) groups excluding carboxylic acids is 1. The Morgan fingerprint density at radius 1 is 1.11 bits per heavy atom. The molecule has 38 heavy (non-hydrogen) atoms. The monoisotopic (exact) mass is 535 g/mol. The van der Waals surface area contributed by atoms with Crippen molar-refractivity contribution < 1.29 is 27.2 Å². The van der Waals surface area contributed by atoms with Crippen LogP contribution in [0.3, 0.4) is 0 Å². The number of Topliss-reactive ketones (excluding diaryl/α,β-unsaturated/α-hetero) is 1. The zero-order valence-corrected chi connectivity index (χ0v) is 22.4. The highest BCUT2D eigenvalue weighted by molar-refractivity contribution is 7.75. The van der Waals surface area contributed by atoms with Crippen molar-refractivity contribution in [2.24, 2.45) is 0 Å². The number of hydrogen-bond acceptors (Lipinski definition) is 7. The van der Waals surface area contributed by atoms with Crippen LogP contribution < -0.4 is 8.92 Å². The summed E-state index contributed by atoms with van der Waals surface area (Å²) in [5.74, 6) is 1.46. The van der Waals surface area contributed by atoms with Gasteiger partial charge in [-0.25, -0.2) is 0 Å². The largest absolute Gasteiger partial charge is 0.477 e. The highest BCUT2D eigenvalue weighted by Crippen LogP contribution is 2.72. The summed E-state index contributed by atoms with van der Waals surface area (Å²) < 4.78 is 30.4. The summed E-state index contributed by atoms with van der Waals surface area (Å²) in [4.78, 5) is 15.5. The maximum Gasteiger partial charge on any atom is 0.360 e. The Hall–Kier alpha value is -2.26. The van der Waals surface area contributed by atoms with Crippen LogP contribution in [0.15, 0.2) is 36.4 Å². The Morgan fingerprint density at radius 2 is 1.92 bits per heavy atom. The van der Waals surface area contributed by atoms with Crippen LogP contribution in [0, 0.1) is 0 Å². The van der Waals surface area contributed by atoms with Crippen molar-refractivity contribution in [3.05, 3.63) is 58.7 Å². The molecular weight excluding hydrogens is 502 g/mol. The highest BCUT2D eigenvalue weighted by atomic mass is 32.2. The van der Waals surface area contributed by atoms with Crippen molar-refractivity contribution in [3.63, 3.8) is 0 Å². The van der Waals surface area contributed by atoms with Gasteiger partial charge in [-0.2, -0.15) is 4.21 Å². The minimum absolute atomic E-state index is 0.0252. The molecule has 2 aliphatic heterocycles. The number of aliphatic hydroxyl groups is 1. The summed E-state index contributed by atoms with van der Waals surface area (Å²) in [7, 11) is 2.09. The number of fused-ring (bicyclic) bond motifs is 2. The number of unbranched alkanes of at least 4 members (excludes halogenated alkanes) is 2. The average molecular weight is 536 g/mol. The molecular formula is C30H33NO6S. The van der Waals surface area contributed by atoms with E-state index in [1.807, 2.05) is 6.07 Å². The first-order valence-electron chi connectivity index (χ1n) is 14.0. The van der Waals surface area contributed by atoms with E-state index in [9.17, 15) is 14.1 Å². The van der Waals surface area contributed by atoms with E-state index in [1.54, 1.807) is 6.07 Å². The highest BCUT2D eigenvalue weighted by Gasteiger charge is 2.83. The van der Waals surface area contributed by atoms with Crippen LogP contribution in [0.1, 0.15) is 79.5 Å². The molecule has 0 amide bonds. The summed E-state index contributed by atoms with van der Waals surface area (Å²) in [6.45, 7) is 0.354. The zero-order chi connectivity index (χ0) is 25.9. The molecule has 3 fully saturated rings. The van der Waals surface area contributed by atoms with E-state index in [4.69, 9.17) is 13.1 Å². The summed E-state index contributed by atoms with van der Waals surface area (Å²) in [6, 6.07) is 12.4. The van der Waals surface area contributed by atoms with E-state index in [0.717, 1.165) is 49.7 Å². The number of nitrogens with zero attached hydrogens (tertiary/aromatic N) is 1. The molecule has 2 saturated carbocycles. The lowest BCUT2D eigenvalue weighted by Crippen LogP contribution is -2.68. The van der Waals surface area contributed by atoms with Crippen LogP contribution in [-0.2, 0) is 32.2 Å². The number of hydrogen-bond donors (Lipinski definition) is 1. The summed E-state index contributed by atoms with van der Waals surface area (Å²) in [5, 5.41) is 12.2. The van der Waals surface area contributed by atoms with Gasteiger partial charge in [0.15, 0.2) is 23.4 Å². The number of carbonyl (C=O) groups is 1. The van der Waals surface area contributed by atoms with Gasteiger partial charge in [0.25, 0.3) is 0 Å². The molecule has 0 aromatic heterocycles. The number of rotatable bonds is 9. The molecule has 200 valence electrons. The maximum absolute atomic E-state index is 13.2. The molecule has 7 unspecified atom stereocenters. The summed E-state index contributed by atoms with van der Waals surface area (Å²) >= 11 is -1.98. The van der Waals surface area contributed by atoms with E-state index in [2.05, 4.69) is 36.2 Å². The third kappa shape index (κ3) is 2.90. The Kier molecular flexibility index (Phi) is 4.91. The molecule has 1 N–H and O–H groups in total. The lowest BCUT2D eigenvalue weighted by molar-refractivity contribution is -0.155. The molecule has 8 heteroatoms. The van der Waals surface area contributed by atoms with Crippen molar-refractivity contribution in [2.75, 3.05) is 13.7 Å². The van der Waals surface area contributed by atoms with Gasteiger partial charge in [-0.3, -0.25) is 13.9 Å². The number of likely N-dealkylation sites (N-methyl/N-ethyl adjacent to an activating group) is 1. The predicted octanol–water partition coefficient (Wildman–Crippen LogP) is 3.86. The van der Waals surface area contributed by atoms with Gasteiger partial charge in [-0.1, -0.05) is 43.2 Å². The molecule has 5 aliphatic carbocycles. The molecule has 9 rings (SSSR count). The Labute approximate surface area is 225 Å². The van der Waals surface area contributed by atoms with Crippen LogP contribution in [0.5, 0.6) is 11.5 Å². The maximum atomic E-state index is 13.2. The summed E-state index contributed by atoms with van der Waals surface area (Å²) in [5.41, 5.74) is 3.12. The quantitative estimate of drug-likeness (QED) is 0.386. The van der Waals surface area contributed by atoms with Crippen molar-refractivity contribution in [1.82, 2.24) is 4.90 Å². The van der Waals surface area contributed by atoms with Crippen molar-refractivity contribution >= 4 is 17.1 Å². The normalized spacial score (nSPS) is 37.5. The Morgan fingerprint density at radius 3 is 2.74 bits per heavy atom. The fourth-order valence-corrected chi connectivity index (χ4v) is 9.53. The molecule has 2 spiro atoms. The van der Waals surface area contributed by atoms with E-state index in [1.165, 1.54) is 11.1 Å². The molecule has 0 radical (unpaired) electrons. The van der Waals surface area contributed by atoms with E-state index < -0.39 is 28.5 Å². The molecule has 7 nitrogen and oxygen atoms in total. The molecule has 2 aromatic rings. The van der Waals surface area contributed by atoms with Gasteiger partial charge in [0.05, 0.1) is 23.7 Å². The lowest BCUT2D eigenvalue weighted by Gasteiger charge is -2.52. The molecule has 7 aliphatic rings. The van der Waals surface area contributed by atoms with E-state index in [0.29, 0.717) is 43.3 Å². The molecule has 2 aromatic carbocycles. The van der Waals surface area contributed by atoms with Gasteiger partial charge in [0, 0.05) is 23.4 Å². The first-order chi connectivity index (χ1) is 18.4. The minimum Gasteiger partial charge on any atom is -0.477 e. The molecule has 2 heterocycles. The van der Waals surface area contributed by atoms with Crippen molar-refractivity contribution in [1.29, 1.82) is 0 Å². The number of likely N-dealkylation sites (tertiary alicyclic amines) is 1. The van der Waals surface area contributed by atoms with Gasteiger partial charge >= 0.3 is 11.4 Å².